The Hall–Kier alpha value is -2.69. The Labute approximate surface area is 120 Å². The zero-order chi connectivity index (χ0) is 14.4. The van der Waals surface area contributed by atoms with Crippen molar-refractivity contribution in [3.05, 3.63) is 65.5 Å². The molecule has 1 spiro atoms. The van der Waals surface area contributed by atoms with Crippen LogP contribution in [-0.4, -0.2) is 11.6 Å². The number of hydrogen-bond acceptors (Lipinski definition) is 3. The van der Waals surface area contributed by atoms with Gasteiger partial charge in [0, 0.05) is 17.7 Å². The van der Waals surface area contributed by atoms with Crippen molar-refractivity contribution in [3.8, 4) is 0 Å². The second kappa shape index (κ2) is 4.15. The lowest BCUT2D eigenvalue weighted by molar-refractivity contribution is -0.121. The molecule has 21 heavy (non-hydrogen) atoms. The molecule has 1 atom stereocenters. The lowest BCUT2D eigenvalue weighted by Gasteiger charge is -2.20. The van der Waals surface area contributed by atoms with Gasteiger partial charge in [-0.1, -0.05) is 30.3 Å². The molecule has 0 aliphatic carbocycles. The third-order valence-corrected chi connectivity index (χ3v) is 4.00. The molecule has 0 bridgehead atoms. The summed E-state index contributed by atoms with van der Waals surface area (Å²) in [5, 5.41) is 7.09. The Balaban J connectivity index is 1.76. The molecule has 2 heterocycles. The molecule has 0 aromatic heterocycles. The summed E-state index contributed by atoms with van der Waals surface area (Å²) in [5.74, 6) is -0.558. The van der Waals surface area contributed by atoms with Gasteiger partial charge >= 0.3 is 0 Å². The van der Waals surface area contributed by atoms with E-state index in [1.165, 1.54) is 12.1 Å². The number of fused-ring (bicyclic) bond motifs is 2. The average molecular weight is 281 g/mol. The van der Waals surface area contributed by atoms with E-state index in [2.05, 4.69) is 15.8 Å². The Morgan fingerprint density at radius 3 is 2.76 bits per heavy atom. The van der Waals surface area contributed by atoms with Crippen molar-refractivity contribution < 1.29 is 9.18 Å². The van der Waals surface area contributed by atoms with Crippen LogP contribution in [0.4, 0.5) is 10.1 Å². The maximum Gasteiger partial charge on any atom is 0.256 e. The highest BCUT2D eigenvalue weighted by Crippen LogP contribution is 2.41. The first kappa shape index (κ1) is 12.1. The van der Waals surface area contributed by atoms with Crippen molar-refractivity contribution in [1.82, 2.24) is 5.43 Å². The van der Waals surface area contributed by atoms with Crippen LogP contribution in [0.15, 0.2) is 53.6 Å². The number of carbonyl (C=O) groups excluding carboxylic acids is 1. The Kier molecular flexibility index (Phi) is 2.39. The van der Waals surface area contributed by atoms with Gasteiger partial charge in [-0.05, 0) is 23.8 Å². The van der Waals surface area contributed by atoms with E-state index < -0.39 is 5.54 Å². The van der Waals surface area contributed by atoms with Crippen molar-refractivity contribution in [2.75, 3.05) is 5.32 Å². The van der Waals surface area contributed by atoms with Gasteiger partial charge in [0.2, 0.25) is 0 Å². The van der Waals surface area contributed by atoms with Gasteiger partial charge in [-0.25, -0.2) is 4.39 Å². The van der Waals surface area contributed by atoms with Crippen LogP contribution in [0.5, 0.6) is 0 Å². The van der Waals surface area contributed by atoms with Crippen LogP contribution < -0.4 is 10.7 Å². The summed E-state index contributed by atoms with van der Waals surface area (Å²) < 4.78 is 13.5. The Morgan fingerprint density at radius 1 is 1.14 bits per heavy atom. The first-order valence-corrected chi connectivity index (χ1v) is 6.70. The second-order valence-electron chi connectivity index (χ2n) is 5.26. The molecule has 0 radical (unpaired) electrons. The molecule has 4 rings (SSSR count). The fourth-order valence-electron chi connectivity index (χ4n) is 2.91. The number of amides is 1. The van der Waals surface area contributed by atoms with Gasteiger partial charge in [0.05, 0.1) is 5.71 Å². The summed E-state index contributed by atoms with van der Waals surface area (Å²) in [4.78, 5) is 12.4. The highest BCUT2D eigenvalue weighted by molar-refractivity contribution is 6.13. The summed E-state index contributed by atoms with van der Waals surface area (Å²) in [6, 6.07) is 14.0. The number of hydrogen-bond donors (Lipinski definition) is 2. The molecule has 1 amide bonds. The third-order valence-electron chi connectivity index (χ3n) is 4.00. The van der Waals surface area contributed by atoms with Gasteiger partial charge in [-0.2, -0.15) is 5.10 Å². The summed E-state index contributed by atoms with van der Waals surface area (Å²) in [7, 11) is 0. The lowest BCUT2D eigenvalue weighted by Crippen LogP contribution is -2.42. The molecule has 104 valence electrons. The lowest BCUT2D eigenvalue weighted by atomic mass is 9.86. The van der Waals surface area contributed by atoms with E-state index in [9.17, 15) is 9.18 Å². The maximum absolute atomic E-state index is 13.5. The van der Waals surface area contributed by atoms with E-state index in [1.807, 2.05) is 30.3 Å². The van der Waals surface area contributed by atoms with Crippen molar-refractivity contribution in [1.29, 1.82) is 0 Å². The smallest absolute Gasteiger partial charge is 0.256 e. The predicted octanol–water partition coefficient (Wildman–Crippen LogP) is 2.37. The SMILES string of the molecule is O=C1Nc2ccc(F)cc2[C@]12CC(c1ccccc1)=NN2. The normalized spacial score (nSPS) is 22.7. The monoisotopic (exact) mass is 281 g/mol. The molecule has 2 aliphatic heterocycles. The summed E-state index contributed by atoms with van der Waals surface area (Å²) in [6.45, 7) is 0. The Morgan fingerprint density at radius 2 is 1.95 bits per heavy atom. The summed E-state index contributed by atoms with van der Waals surface area (Å²) in [6.07, 6.45) is 0.402. The van der Waals surface area contributed by atoms with Gasteiger partial charge in [0.1, 0.15) is 5.82 Å². The highest BCUT2D eigenvalue weighted by atomic mass is 19.1. The van der Waals surface area contributed by atoms with Gasteiger partial charge in [-0.3, -0.25) is 10.2 Å². The fourth-order valence-corrected chi connectivity index (χ4v) is 2.91. The van der Waals surface area contributed by atoms with E-state index in [0.29, 0.717) is 17.7 Å². The molecule has 0 unspecified atom stereocenters. The van der Waals surface area contributed by atoms with Crippen LogP contribution in [-0.2, 0) is 10.3 Å². The van der Waals surface area contributed by atoms with Gasteiger partial charge in [0.25, 0.3) is 5.91 Å². The molecule has 2 aliphatic rings. The zero-order valence-corrected chi connectivity index (χ0v) is 11.1. The topological polar surface area (TPSA) is 53.5 Å². The van der Waals surface area contributed by atoms with Crippen LogP contribution in [0.2, 0.25) is 0 Å². The molecule has 0 saturated heterocycles. The fraction of sp³-hybridized carbons (Fsp3) is 0.125. The minimum absolute atomic E-state index is 0.196. The third kappa shape index (κ3) is 1.67. The first-order chi connectivity index (χ1) is 10.2. The van der Waals surface area contributed by atoms with Crippen LogP contribution in [0.1, 0.15) is 17.5 Å². The van der Waals surface area contributed by atoms with Crippen molar-refractivity contribution >= 4 is 17.3 Å². The van der Waals surface area contributed by atoms with E-state index >= 15 is 0 Å². The largest absolute Gasteiger partial charge is 0.323 e. The minimum Gasteiger partial charge on any atom is -0.323 e. The average Bonchev–Trinajstić information content (AvgIpc) is 3.06. The van der Waals surface area contributed by atoms with Gasteiger partial charge < -0.3 is 5.32 Å². The number of rotatable bonds is 1. The van der Waals surface area contributed by atoms with E-state index in [1.54, 1.807) is 6.07 Å². The minimum atomic E-state index is -0.997. The van der Waals surface area contributed by atoms with Crippen molar-refractivity contribution in [2.45, 2.75) is 12.0 Å². The second-order valence-corrected chi connectivity index (χ2v) is 5.26. The van der Waals surface area contributed by atoms with Gasteiger partial charge in [-0.15, -0.1) is 0 Å². The molecule has 0 fully saturated rings. The number of hydrazone groups is 1. The maximum atomic E-state index is 13.5. The molecule has 0 saturated carbocycles. The predicted molar refractivity (Wildman–Crippen MR) is 77.4 cm³/mol. The van der Waals surface area contributed by atoms with E-state index in [0.717, 1.165) is 11.3 Å². The summed E-state index contributed by atoms with van der Waals surface area (Å²) in [5.41, 5.74) is 4.93. The molecule has 5 heteroatoms. The molecule has 2 aromatic carbocycles. The highest BCUT2D eigenvalue weighted by Gasteiger charge is 2.50. The zero-order valence-electron chi connectivity index (χ0n) is 11.1. The molecule has 2 aromatic rings. The standard InChI is InChI=1S/C16H12FN3O/c17-11-6-7-13-12(8-11)16(15(21)18-13)9-14(19-20-16)10-4-2-1-3-5-10/h1-8,20H,9H2,(H,18,21)/t16-/m1/s1. The van der Waals surface area contributed by atoms with Crippen LogP contribution >= 0.6 is 0 Å². The molecular weight excluding hydrogens is 269 g/mol. The Bertz CT molecular complexity index is 772. The van der Waals surface area contributed by atoms with Crippen molar-refractivity contribution in [2.24, 2.45) is 5.10 Å². The summed E-state index contributed by atoms with van der Waals surface area (Å²) >= 11 is 0. The van der Waals surface area contributed by atoms with E-state index in [4.69, 9.17) is 0 Å². The quantitative estimate of drug-likeness (QED) is 0.843. The first-order valence-electron chi connectivity index (χ1n) is 6.70. The molecule has 2 N–H and O–H groups in total. The number of benzene rings is 2. The molecular formula is C16H12FN3O. The van der Waals surface area contributed by atoms with Crippen LogP contribution in [0.3, 0.4) is 0 Å². The number of halogens is 1. The number of carbonyl (C=O) groups is 1. The van der Waals surface area contributed by atoms with Crippen LogP contribution in [0, 0.1) is 5.82 Å². The number of anilines is 1. The van der Waals surface area contributed by atoms with E-state index in [-0.39, 0.29) is 11.7 Å². The van der Waals surface area contributed by atoms with Crippen molar-refractivity contribution in [3.63, 3.8) is 0 Å². The molecule has 4 nitrogen and oxygen atoms in total. The number of nitrogens with zero attached hydrogens (tertiary/aromatic N) is 1. The van der Waals surface area contributed by atoms with Gasteiger partial charge in [0.15, 0.2) is 5.54 Å². The number of nitrogens with one attached hydrogen (secondary N) is 2. The van der Waals surface area contributed by atoms with Crippen LogP contribution in [0.25, 0.3) is 0 Å².